The van der Waals surface area contributed by atoms with Crippen LogP contribution < -0.4 is 14.4 Å². The van der Waals surface area contributed by atoms with Crippen molar-refractivity contribution in [2.75, 3.05) is 32.7 Å². The van der Waals surface area contributed by atoms with Gasteiger partial charge in [0.25, 0.3) is 0 Å². The van der Waals surface area contributed by atoms with Gasteiger partial charge in [-0.1, -0.05) is 18.2 Å². The topological polar surface area (TPSA) is 59.1 Å². The fourth-order valence-corrected chi connectivity index (χ4v) is 3.37. The van der Waals surface area contributed by atoms with Gasteiger partial charge in [0.1, 0.15) is 0 Å². The van der Waals surface area contributed by atoms with Crippen LogP contribution >= 0.6 is 0 Å². The average molecular weight is 382 g/mol. The van der Waals surface area contributed by atoms with Crippen molar-refractivity contribution in [2.24, 2.45) is 0 Å². The summed E-state index contributed by atoms with van der Waals surface area (Å²) < 4.78 is 10.6. The van der Waals surface area contributed by atoms with Crippen LogP contribution in [-0.4, -0.2) is 44.5 Å². The molecular formula is C22H26N2O4. The minimum Gasteiger partial charge on any atom is -0.493 e. The maximum atomic E-state index is 12.6. The van der Waals surface area contributed by atoms with Crippen LogP contribution in [0.2, 0.25) is 0 Å². The van der Waals surface area contributed by atoms with Gasteiger partial charge in [0.05, 0.1) is 20.6 Å². The highest BCUT2D eigenvalue weighted by Gasteiger charge is 2.21. The third-order valence-electron chi connectivity index (χ3n) is 4.97. The quantitative estimate of drug-likeness (QED) is 0.739. The number of ether oxygens (including phenoxy) is 2. The summed E-state index contributed by atoms with van der Waals surface area (Å²) in [7, 11) is 4.98. The summed E-state index contributed by atoms with van der Waals surface area (Å²) in [4.78, 5) is 27.9. The molecule has 0 radical (unpaired) electrons. The zero-order chi connectivity index (χ0) is 20.1. The van der Waals surface area contributed by atoms with Gasteiger partial charge in [0.2, 0.25) is 11.8 Å². The first kappa shape index (κ1) is 19.7. The molecule has 1 aliphatic heterocycles. The van der Waals surface area contributed by atoms with E-state index >= 15 is 0 Å². The second kappa shape index (κ2) is 8.78. The van der Waals surface area contributed by atoms with E-state index in [4.69, 9.17) is 9.47 Å². The lowest BCUT2D eigenvalue weighted by Crippen LogP contribution is -2.27. The molecule has 0 aliphatic carbocycles. The number of likely N-dealkylation sites (N-methyl/N-ethyl adjacent to an activating group) is 1. The summed E-state index contributed by atoms with van der Waals surface area (Å²) >= 11 is 0. The molecule has 0 unspecified atom stereocenters. The summed E-state index contributed by atoms with van der Waals surface area (Å²) in [5.41, 5.74) is 2.80. The molecule has 3 rings (SSSR count). The van der Waals surface area contributed by atoms with Crippen molar-refractivity contribution in [1.29, 1.82) is 0 Å². The largest absolute Gasteiger partial charge is 0.493 e. The number of methoxy groups -OCH3 is 2. The van der Waals surface area contributed by atoms with E-state index in [9.17, 15) is 9.59 Å². The first-order valence-electron chi connectivity index (χ1n) is 9.36. The number of rotatable bonds is 7. The van der Waals surface area contributed by atoms with Crippen LogP contribution in [0.5, 0.6) is 11.5 Å². The number of carbonyl (C=O) groups is 2. The molecule has 28 heavy (non-hydrogen) atoms. The Bertz CT molecular complexity index is 848. The number of amides is 2. The Balaban J connectivity index is 1.60. The number of nitrogens with zero attached hydrogens (tertiary/aromatic N) is 2. The molecule has 2 amide bonds. The SMILES string of the molecule is COc1ccc(CN(C)C(=O)Cc2ccc(N3CCCC3=O)cc2)cc1OC. The Kier molecular flexibility index (Phi) is 6.19. The minimum absolute atomic E-state index is 0.0276. The Hall–Kier alpha value is -3.02. The molecule has 0 atom stereocenters. The molecule has 148 valence electrons. The molecule has 2 aromatic rings. The van der Waals surface area contributed by atoms with E-state index in [0.717, 1.165) is 29.8 Å². The lowest BCUT2D eigenvalue weighted by molar-refractivity contribution is -0.129. The minimum atomic E-state index is 0.0276. The molecule has 2 aromatic carbocycles. The van der Waals surface area contributed by atoms with Crippen molar-refractivity contribution < 1.29 is 19.1 Å². The van der Waals surface area contributed by atoms with Crippen LogP contribution in [0.3, 0.4) is 0 Å². The Morgan fingerprint density at radius 1 is 1.04 bits per heavy atom. The van der Waals surface area contributed by atoms with E-state index < -0.39 is 0 Å². The predicted octanol–water partition coefficient (Wildman–Crippen LogP) is 3.03. The van der Waals surface area contributed by atoms with Crippen LogP contribution in [-0.2, 0) is 22.6 Å². The standard InChI is InChI=1S/C22H26N2O4/c1-23(15-17-8-11-19(27-2)20(13-17)28-3)22(26)14-16-6-9-18(10-7-16)24-12-4-5-21(24)25/h6-11,13H,4-5,12,14-15H2,1-3H3. The summed E-state index contributed by atoms with van der Waals surface area (Å²) in [6, 6.07) is 13.3. The van der Waals surface area contributed by atoms with Crippen LogP contribution in [0.25, 0.3) is 0 Å². The smallest absolute Gasteiger partial charge is 0.227 e. The number of hydrogen-bond donors (Lipinski definition) is 0. The van der Waals surface area contributed by atoms with Crippen LogP contribution in [0.15, 0.2) is 42.5 Å². The van der Waals surface area contributed by atoms with Crippen molar-refractivity contribution in [1.82, 2.24) is 4.90 Å². The van der Waals surface area contributed by atoms with Gasteiger partial charge >= 0.3 is 0 Å². The van der Waals surface area contributed by atoms with Crippen LogP contribution in [0.4, 0.5) is 5.69 Å². The molecule has 1 heterocycles. The Morgan fingerprint density at radius 3 is 2.32 bits per heavy atom. The average Bonchev–Trinajstić information content (AvgIpc) is 3.14. The van der Waals surface area contributed by atoms with Gasteiger partial charge in [-0.3, -0.25) is 9.59 Å². The van der Waals surface area contributed by atoms with E-state index in [2.05, 4.69) is 0 Å². The van der Waals surface area contributed by atoms with Crippen molar-refractivity contribution in [3.8, 4) is 11.5 Å². The molecule has 0 N–H and O–H groups in total. The summed E-state index contributed by atoms with van der Waals surface area (Å²) in [5, 5.41) is 0. The van der Waals surface area contributed by atoms with E-state index in [-0.39, 0.29) is 11.8 Å². The summed E-state index contributed by atoms with van der Waals surface area (Å²) in [5.74, 6) is 1.50. The highest BCUT2D eigenvalue weighted by Crippen LogP contribution is 2.28. The lowest BCUT2D eigenvalue weighted by atomic mass is 10.1. The van der Waals surface area contributed by atoms with Crippen LogP contribution in [0.1, 0.15) is 24.0 Å². The van der Waals surface area contributed by atoms with Crippen molar-refractivity contribution in [3.05, 3.63) is 53.6 Å². The van der Waals surface area contributed by atoms with Gasteiger partial charge in [-0.25, -0.2) is 0 Å². The van der Waals surface area contributed by atoms with Crippen molar-refractivity contribution in [3.63, 3.8) is 0 Å². The highest BCUT2D eigenvalue weighted by molar-refractivity contribution is 5.95. The fraction of sp³-hybridized carbons (Fsp3) is 0.364. The third-order valence-corrected chi connectivity index (χ3v) is 4.97. The van der Waals surface area contributed by atoms with Gasteiger partial charge in [-0.2, -0.15) is 0 Å². The number of benzene rings is 2. The molecule has 0 spiro atoms. The molecule has 0 saturated carbocycles. The molecule has 6 nitrogen and oxygen atoms in total. The van der Waals surface area contributed by atoms with E-state index in [1.54, 1.807) is 31.1 Å². The van der Waals surface area contributed by atoms with Gasteiger partial charge in [-0.15, -0.1) is 0 Å². The second-order valence-corrected chi connectivity index (χ2v) is 6.93. The summed E-state index contributed by atoms with van der Waals surface area (Å²) in [6.07, 6.45) is 1.83. The molecule has 1 aliphatic rings. The molecule has 1 fully saturated rings. The number of carbonyl (C=O) groups excluding carboxylic acids is 2. The molecule has 0 aromatic heterocycles. The lowest BCUT2D eigenvalue weighted by Gasteiger charge is -2.19. The van der Waals surface area contributed by atoms with Crippen LogP contribution in [0, 0.1) is 0 Å². The monoisotopic (exact) mass is 382 g/mol. The molecule has 0 bridgehead atoms. The van der Waals surface area contributed by atoms with Crippen molar-refractivity contribution in [2.45, 2.75) is 25.8 Å². The second-order valence-electron chi connectivity index (χ2n) is 6.93. The van der Waals surface area contributed by atoms with E-state index in [1.807, 2.05) is 42.5 Å². The van der Waals surface area contributed by atoms with Gasteiger partial charge in [-0.05, 0) is 41.8 Å². The molecular weight excluding hydrogens is 356 g/mol. The Morgan fingerprint density at radius 2 is 1.71 bits per heavy atom. The highest BCUT2D eigenvalue weighted by atomic mass is 16.5. The predicted molar refractivity (Wildman–Crippen MR) is 108 cm³/mol. The van der Waals surface area contributed by atoms with E-state index in [0.29, 0.717) is 30.9 Å². The summed E-state index contributed by atoms with van der Waals surface area (Å²) in [6.45, 7) is 1.25. The van der Waals surface area contributed by atoms with Gasteiger partial charge in [0.15, 0.2) is 11.5 Å². The zero-order valence-corrected chi connectivity index (χ0v) is 16.6. The normalized spacial score (nSPS) is 13.5. The van der Waals surface area contributed by atoms with Gasteiger partial charge in [0, 0.05) is 32.2 Å². The number of hydrogen-bond acceptors (Lipinski definition) is 4. The third kappa shape index (κ3) is 4.44. The van der Waals surface area contributed by atoms with Gasteiger partial charge < -0.3 is 19.3 Å². The molecule has 6 heteroatoms. The maximum Gasteiger partial charge on any atom is 0.227 e. The maximum absolute atomic E-state index is 12.6. The first-order chi connectivity index (χ1) is 13.5. The van der Waals surface area contributed by atoms with E-state index in [1.165, 1.54) is 0 Å². The molecule has 1 saturated heterocycles. The first-order valence-corrected chi connectivity index (χ1v) is 9.36. The number of anilines is 1. The Labute approximate surface area is 165 Å². The zero-order valence-electron chi connectivity index (χ0n) is 16.6. The fourth-order valence-electron chi connectivity index (χ4n) is 3.37. The van der Waals surface area contributed by atoms with Crippen molar-refractivity contribution >= 4 is 17.5 Å².